The minimum atomic E-state index is -2.89. The maximum Gasteiger partial charge on any atom is 0.276 e. The Balaban J connectivity index is 1.51. The molecule has 3 rings (SSSR count). The average molecular weight is 388 g/mol. The molecule has 0 aliphatic carbocycles. The molecule has 0 bridgehead atoms. The lowest BCUT2D eigenvalue weighted by atomic mass is 10.1. The zero-order chi connectivity index (χ0) is 17.2. The highest BCUT2D eigenvalue weighted by Crippen LogP contribution is 2.26. The fourth-order valence-electron chi connectivity index (χ4n) is 2.38. The van der Waals surface area contributed by atoms with Crippen molar-refractivity contribution in [1.29, 1.82) is 0 Å². The minimum absolute atomic E-state index is 0.0621. The van der Waals surface area contributed by atoms with Crippen LogP contribution in [0.4, 0.5) is 5.13 Å². The molecule has 1 atom stereocenters. The van der Waals surface area contributed by atoms with Crippen molar-refractivity contribution in [2.45, 2.75) is 30.7 Å². The molecule has 24 heavy (non-hydrogen) atoms. The third-order valence-electron chi connectivity index (χ3n) is 3.42. The van der Waals surface area contributed by atoms with Crippen LogP contribution in [0.5, 0.6) is 0 Å². The van der Waals surface area contributed by atoms with Gasteiger partial charge in [-0.3, -0.25) is 4.79 Å². The van der Waals surface area contributed by atoms with Crippen molar-refractivity contribution in [3.8, 4) is 0 Å². The van der Waals surface area contributed by atoms with Crippen LogP contribution in [0.2, 0.25) is 0 Å². The molecule has 0 spiro atoms. The molecule has 1 unspecified atom stereocenters. The second-order valence-electron chi connectivity index (χ2n) is 5.55. The zero-order valence-corrected chi connectivity index (χ0v) is 15.3. The Morgan fingerprint density at radius 2 is 2.33 bits per heavy atom. The summed E-state index contributed by atoms with van der Waals surface area (Å²) in [6, 6.07) is 0. The van der Waals surface area contributed by atoms with Gasteiger partial charge in [-0.15, -0.1) is 21.5 Å². The first-order valence-electron chi connectivity index (χ1n) is 7.27. The summed E-state index contributed by atoms with van der Waals surface area (Å²) >= 11 is 2.72. The highest BCUT2D eigenvalue weighted by atomic mass is 32.2. The summed E-state index contributed by atoms with van der Waals surface area (Å²) in [4.78, 5) is 15.2. The lowest BCUT2D eigenvalue weighted by molar-refractivity contribution is -0.114. The maximum absolute atomic E-state index is 11.5. The summed E-state index contributed by atoms with van der Waals surface area (Å²) in [6.07, 6.45) is 1.15. The number of anilines is 1. The number of nitrogens with zero attached hydrogens (tertiary/aromatic N) is 3. The van der Waals surface area contributed by atoms with E-state index in [4.69, 9.17) is 4.42 Å². The fraction of sp³-hybridized carbons (Fsp3) is 0.538. The molecule has 1 N–H and O–H groups in total. The third kappa shape index (κ3) is 4.77. The largest absolute Gasteiger partial charge is 0.416 e. The van der Waals surface area contributed by atoms with Crippen LogP contribution in [0.15, 0.2) is 15.0 Å². The Kier molecular flexibility index (Phi) is 5.21. The Morgan fingerprint density at radius 1 is 1.50 bits per heavy atom. The van der Waals surface area contributed by atoms with Gasteiger partial charge in [-0.2, -0.15) is 0 Å². The first-order valence-corrected chi connectivity index (χ1v) is 11.0. The Hall–Kier alpha value is -1.46. The van der Waals surface area contributed by atoms with Gasteiger partial charge in [0.25, 0.3) is 5.22 Å². The van der Waals surface area contributed by atoms with Gasteiger partial charge in [0.1, 0.15) is 0 Å². The van der Waals surface area contributed by atoms with Crippen molar-refractivity contribution in [2.75, 3.05) is 16.8 Å². The van der Waals surface area contributed by atoms with Gasteiger partial charge < -0.3 is 9.73 Å². The van der Waals surface area contributed by atoms with Crippen LogP contribution in [0.1, 0.15) is 24.9 Å². The molecule has 1 fully saturated rings. The van der Waals surface area contributed by atoms with E-state index in [-0.39, 0.29) is 23.3 Å². The molecular formula is C13H16N4O4S3. The van der Waals surface area contributed by atoms with Gasteiger partial charge in [-0.05, 0) is 12.3 Å². The zero-order valence-electron chi connectivity index (χ0n) is 12.9. The number of sulfone groups is 1. The number of carbonyl (C=O) groups is 1. The smallest absolute Gasteiger partial charge is 0.276 e. The molecule has 130 valence electrons. The first-order chi connectivity index (χ1) is 11.4. The standard InChI is InChI=1S/C13H16N4O4S3/c1-8(18)14-12-15-10(5-22-12)6-23-13-17-16-11(21-13)4-9-2-3-24(19,20)7-9/h5,9H,2-4,6-7H2,1H3,(H,14,15,18). The van der Waals surface area contributed by atoms with E-state index in [1.807, 2.05) is 5.38 Å². The van der Waals surface area contributed by atoms with E-state index in [1.165, 1.54) is 30.0 Å². The van der Waals surface area contributed by atoms with E-state index in [0.717, 1.165) is 5.69 Å². The van der Waals surface area contributed by atoms with Gasteiger partial charge >= 0.3 is 0 Å². The first kappa shape index (κ1) is 17.4. The summed E-state index contributed by atoms with van der Waals surface area (Å²) in [6.45, 7) is 1.44. The number of hydrogen-bond acceptors (Lipinski definition) is 9. The Bertz CT molecular complexity index is 830. The number of thioether (sulfide) groups is 1. The Labute approximate surface area is 147 Å². The molecule has 0 saturated carbocycles. The number of aromatic nitrogens is 3. The molecule has 0 radical (unpaired) electrons. The lowest BCUT2D eigenvalue weighted by Gasteiger charge is -2.01. The second-order valence-corrected chi connectivity index (χ2v) is 9.56. The van der Waals surface area contributed by atoms with Gasteiger partial charge in [0.15, 0.2) is 15.0 Å². The highest BCUT2D eigenvalue weighted by molar-refractivity contribution is 7.98. The van der Waals surface area contributed by atoms with Crippen molar-refractivity contribution < 1.29 is 17.6 Å². The lowest BCUT2D eigenvalue weighted by Crippen LogP contribution is -2.07. The molecule has 1 aliphatic rings. The quantitative estimate of drug-likeness (QED) is 0.744. The van der Waals surface area contributed by atoms with Crippen molar-refractivity contribution in [3.63, 3.8) is 0 Å². The minimum Gasteiger partial charge on any atom is -0.416 e. The van der Waals surface area contributed by atoms with Crippen molar-refractivity contribution in [1.82, 2.24) is 15.2 Å². The molecule has 1 saturated heterocycles. The number of rotatable bonds is 6. The molecule has 11 heteroatoms. The van der Waals surface area contributed by atoms with Crippen molar-refractivity contribution >= 4 is 44.0 Å². The second kappa shape index (κ2) is 7.19. The number of amides is 1. The number of hydrogen-bond donors (Lipinski definition) is 1. The number of carbonyl (C=O) groups excluding carboxylic acids is 1. The summed E-state index contributed by atoms with van der Waals surface area (Å²) in [5.41, 5.74) is 0.815. The van der Waals surface area contributed by atoms with Crippen LogP contribution in [-0.2, 0) is 26.8 Å². The van der Waals surface area contributed by atoms with E-state index in [0.29, 0.717) is 34.8 Å². The van der Waals surface area contributed by atoms with E-state index in [2.05, 4.69) is 20.5 Å². The van der Waals surface area contributed by atoms with E-state index < -0.39 is 9.84 Å². The van der Waals surface area contributed by atoms with Gasteiger partial charge in [-0.25, -0.2) is 13.4 Å². The monoisotopic (exact) mass is 388 g/mol. The summed E-state index contributed by atoms with van der Waals surface area (Å²) in [5.74, 6) is 1.37. The molecule has 1 aliphatic heterocycles. The van der Waals surface area contributed by atoms with Crippen LogP contribution in [0, 0.1) is 5.92 Å². The summed E-state index contributed by atoms with van der Waals surface area (Å²) in [5, 5.41) is 13.4. The van der Waals surface area contributed by atoms with Crippen LogP contribution < -0.4 is 5.32 Å². The maximum atomic E-state index is 11.5. The molecule has 1 amide bonds. The fourth-order valence-corrected chi connectivity index (χ4v) is 5.77. The van der Waals surface area contributed by atoms with E-state index in [9.17, 15) is 13.2 Å². The predicted octanol–water partition coefficient (Wildman–Crippen LogP) is 1.75. The highest BCUT2D eigenvalue weighted by Gasteiger charge is 2.29. The molecule has 0 aromatic carbocycles. The third-order valence-corrected chi connectivity index (χ3v) is 6.91. The summed E-state index contributed by atoms with van der Waals surface area (Å²) in [7, 11) is -2.89. The normalized spacial score (nSPS) is 19.5. The molecular weight excluding hydrogens is 372 g/mol. The van der Waals surface area contributed by atoms with Crippen LogP contribution >= 0.6 is 23.1 Å². The summed E-state index contributed by atoms with van der Waals surface area (Å²) < 4.78 is 28.5. The van der Waals surface area contributed by atoms with Crippen LogP contribution in [0.3, 0.4) is 0 Å². The van der Waals surface area contributed by atoms with E-state index >= 15 is 0 Å². The van der Waals surface area contributed by atoms with Gasteiger partial charge in [0.05, 0.1) is 17.2 Å². The molecule has 2 aromatic rings. The molecule has 8 nitrogen and oxygen atoms in total. The molecule has 2 aromatic heterocycles. The average Bonchev–Trinajstić information content (AvgIpc) is 3.18. The molecule has 3 heterocycles. The SMILES string of the molecule is CC(=O)Nc1nc(CSc2nnc(CC3CCS(=O)(=O)C3)o2)cs1. The van der Waals surface area contributed by atoms with Crippen LogP contribution in [0.25, 0.3) is 0 Å². The Morgan fingerprint density at radius 3 is 3.04 bits per heavy atom. The van der Waals surface area contributed by atoms with Gasteiger partial charge in [-0.1, -0.05) is 11.8 Å². The van der Waals surface area contributed by atoms with Gasteiger partial charge in [0.2, 0.25) is 11.8 Å². The van der Waals surface area contributed by atoms with Crippen molar-refractivity contribution in [3.05, 3.63) is 17.0 Å². The van der Waals surface area contributed by atoms with Gasteiger partial charge in [0, 0.05) is 24.5 Å². The predicted molar refractivity (Wildman–Crippen MR) is 90.7 cm³/mol. The van der Waals surface area contributed by atoms with Crippen LogP contribution in [-0.4, -0.2) is 41.0 Å². The number of nitrogens with one attached hydrogen (secondary N) is 1. The van der Waals surface area contributed by atoms with Crippen molar-refractivity contribution in [2.24, 2.45) is 5.92 Å². The van der Waals surface area contributed by atoms with E-state index in [1.54, 1.807) is 0 Å². The topological polar surface area (TPSA) is 115 Å². The number of thiazole rings is 1.